The Morgan fingerprint density at radius 1 is 1.85 bits per heavy atom. The summed E-state index contributed by atoms with van der Waals surface area (Å²) in [5.41, 5.74) is 6.19. The number of amidine groups is 1. The molecule has 0 saturated heterocycles. The van der Waals surface area contributed by atoms with Crippen LogP contribution >= 0.6 is 11.8 Å². The Bertz CT molecular complexity index is 310. The van der Waals surface area contributed by atoms with Gasteiger partial charge in [-0.1, -0.05) is 16.9 Å². The van der Waals surface area contributed by atoms with E-state index in [4.69, 9.17) is 15.4 Å². The van der Waals surface area contributed by atoms with Crippen molar-refractivity contribution in [3.63, 3.8) is 0 Å². The van der Waals surface area contributed by atoms with Gasteiger partial charge in [-0.05, 0) is 13.8 Å². The van der Waals surface area contributed by atoms with Crippen molar-refractivity contribution in [3.05, 3.63) is 12.0 Å². The number of oxazole rings is 1. The third kappa shape index (κ3) is 2.66. The molecule has 0 aliphatic carbocycles. The lowest BCUT2D eigenvalue weighted by Gasteiger charge is -2.04. The smallest absolute Gasteiger partial charge is 0.256 e. The van der Waals surface area contributed by atoms with Crippen molar-refractivity contribution >= 4 is 17.6 Å². The number of nitrogens with two attached hydrogens (primary N) is 1. The summed E-state index contributed by atoms with van der Waals surface area (Å²) in [7, 11) is 0. The summed E-state index contributed by atoms with van der Waals surface area (Å²) in [6, 6.07) is 0. The monoisotopic (exact) mass is 201 g/mol. The van der Waals surface area contributed by atoms with E-state index >= 15 is 0 Å². The van der Waals surface area contributed by atoms with Gasteiger partial charge in [0, 0.05) is 0 Å². The van der Waals surface area contributed by atoms with Gasteiger partial charge in [0.2, 0.25) is 0 Å². The number of aromatic nitrogens is 1. The molecule has 1 unspecified atom stereocenters. The molecule has 5 nitrogen and oxygen atoms in total. The highest BCUT2D eigenvalue weighted by atomic mass is 32.2. The SMILES string of the molecule is Cc1coc(SC(C)/C(N)=N/O)n1. The summed E-state index contributed by atoms with van der Waals surface area (Å²) < 4.78 is 5.09. The van der Waals surface area contributed by atoms with E-state index in [9.17, 15) is 0 Å². The van der Waals surface area contributed by atoms with Crippen LogP contribution in [0.2, 0.25) is 0 Å². The topological polar surface area (TPSA) is 84.6 Å². The number of rotatable bonds is 3. The van der Waals surface area contributed by atoms with Crippen molar-refractivity contribution in [2.24, 2.45) is 10.9 Å². The van der Waals surface area contributed by atoms with Gasteiger partial charge < -0.3 is 15.4 Å². The predicted octanol–water partition coefficient (Wildman–Crippen LogP) is 1.21. The maximum atomic E-state index is 8.39. The van der Waals surface area contributed by atoms with Crippen LogP contribution in [0.5, 0.6) is 0 Å². The molecule has 0 aromatic carbocycles. The average Bonchev–Trinajstić information content (AvgIpc) is 2.49. The molecule has 0 amide bonds. The van der Waals surface area contributed by atoms with Crippen LogP contribution in [0, 0.1) is 6.92 Å². The first-order valence-electron chi connectivity index (χ1n) is 3.69. The van der Waals surface area contributed by atoms with Gasteiger partial charge in [-0.25, -0.2) is 4.98 Å². The molecule has 13 heavy (non-hydrogen) atoms. The fraction of sp³-hybridized carbons (Fsp3) is 0.429. The maximum absolute atomic E-state index is 8.39. The van der Waals surface area contributed by atoms with Gasteiger partial charge >= 0.3 is 0 Å². The third-order valence-corrected chi connectivity index (χ3v) is 2.39. The molecule has 1 atom stereocenters. The zero-order chi connectivity index (χ0) is 9.84. The summed E-state index contributed by atoms with van der Waals surface area (Å²) in [6.07, 6.45) is 1.56. The van der Waals surface area contributed by atoms with Crippen molar-refractivity contribution in [1.82, 2.24) is 4.98 Å². The molecule has 3 N–H and O–H groups in total. The molecule has 0 aliphatic rings. The molecule has 1 rings (SSSR count). The zero-order valence-corrected chi connectivity index (χ0v) is 8.21. The second kappa shape index (κ2) is 4.18. The van der Waals surface area contributed by atoms with Crippen molar-refractivity contribution in [2.45, 2.75) is 24.3 Å². The molecule has 0 aliphatic heterocycles. The number of thioether (sulfide) groups is 1. The van der Waals surface area contributed by atoms with E-state index in [1.807, 2.05) is 6.92 Å². The molecule has 1 aromatic heterocycles. The lowest BCUT2D eigenvalue weighted by Crippen LogP contribution is -2.23. The van der Waals surface area contributed by atoms with Crippen LogP contribution in [-0.2, 0) is 0 Å². The van der Waals surface area contributed by atoms with Gasteiger partial charge in [-0.3, -0.25) is 0 Å². The van der Waals surface area contributed by atoms with E-state index < -0.39 is 0 Å². The van der Waals surface area contributed by atoms with Crippen LogP contribution in [-0.4, -0.2) is 21.3 Å². The number of aryl methyl sites for hydroxylation is 1. The first-order chi connectivity index (χ1) is 6.13. The van der Waals surface area contributed by atoms with Gasteiger partial charge in [-0.15, -0.1) is 0 Å². The Morgan fingerprint density at radius 3 is 3.00 bits per heavy atom. The highest BCUT2D eigenvalue weighted by Crippen LogP contribution is 2.21. The number of nitrogens with zero attached hydrogens (tertiary/aromatic N) is 2. The van der Waals surface area contributed by atoms with Crippen molar-refractivity contribution in [2.75, 3.05) is 0 Å². The molecule has 1 aromatic rings. The molecule has 72 valence electrons. The first-order valence-corrected chi connectivity index (χ1v) is 4.57. The van der Waals surface area contributed by atoms with Crippen molar-refractivity contribution < 1.29 is 9.62 Å². The fourth-order valence-electron chi connectivity index (χ4n) is 0.679. The minimum absolute atomic E-state index is 0.150. The minimum atomic E-state index is -0.150. The van der Waals surface area contributed by atoms with E-state index in [1.54, 1.807) is 13.2 Å². The zero-order valence-electron chi connectivity index (χ0n) is 7.39. The normalized spacial score (nSPS) is 14.5. The highest BCUT2D eigenvalue weighted by Gasteiger charge is 2.12. The minimum Gasteiger partial charge on any atom is -0.440 e. The molecular formula is C7H11N3O2S. The molecular weight excluding hydrogens is 190 g/mol. The molecule has 0 saturated carbocycles. The van der Waals surface area contributed by atoms with Gasteiger partial charge in [0.25, 0.3) is 5.22 Å². The van der Waals surface area contributed by atoms with E-state index in [-0.39, 0.29) is 11.1 Å². The summed E-state index contributed by atoms with van der Waals surface area (Å²) in [5, 5.41) is 11.7. The maximum Gasteiger partial charge on any atom is 0.256 e. The fourth-order valence-corrected chi connectivity index (χ4v) is 1.45. The predicted molar refractivity (Wildman–Crippen MR) is 50.0 cm³/mol. The summed E-state index contributed by atoms with van der Waals surface area (Å²) >= 11 is 1.30. The van der Waals surface area contributed by atoms with Crippen LogP contribution < -0.4 is 5.73 Å². The average molecular weight is 201 g/mol. The van der Waals surface area contributed by atoms with Gasteiger partial charge in [0.1, 0.15) is 6.26 Å². The molecule has 0 bridgehead atoms. The number of hydrogen-bond donors (Lipinski definition) is 2. The number of hydrogen-bond acceptors (Lipinski definition) is 5. The Hall–Kier alpha value is -1.17. The molecule has 1 heterocycles. The van der Waals surface area contributed by atoms with Crippen molar-refractivity contribution in [3.8, 4) is 0 Å². The van der Waals surface area contributed by atoms with Crippen LogP contribution in [0.1, 0.15) is 12.6 Å². The lowest BCUT2D eigenvalue weighted by atomic mass is 10.4. The van der Waals surface area contributed by atoms with Gasteiger partial charge in [0.05, 0.1) is 10.9 Å². The summed E-state index contributed by atoms with van der Waals surface area (Å²) in [5.74, 6) is 0.154. The third-order valence-electron chi connectivity index (χ3n) is 1.41. The number of oxime groups is 1. The molecule has 6 heteroatoms. The summed E-state index contributed by atoms with van der Waals surface area (Å²) in [6.45, 7) is 3.64. The van der Waals surface area contributed by atoms with E-state index in [0.29, 0.717) is 5.22 Å². The highest BCUT2D eigenvalue weighted by molar-refractivity contribution is 8.00. The van der Waals surface area contributed by atoms with Gasteiger partial charge in [0.15, 0.2) is 5.84 Å². The Balaban J connectivity index is 2.59. The largest absolute Gasteiger partial charge is 0.440 e. The van der Waals surface area contributed by atoms with Crippen LogP contribution in [0.15, 0.2) is 21.1 Å². The van der Waals surface area contributed by atoms with E-state index in [1.165, 1.54) is 11.8 Å². The second-order valence-corrected chi connectivity index (χ2v) is 3.83. The standard InChI is InChI=1S/C7H11N3O2S/c1-4-3-12-7(9-4)13-5(2)6(8)10-11/h3,5,11H,1-2H3,(H2,8,10). The van der Waals surface area contributed by atoms with Crippen LogP contribution in [0.3, 0.4) is 0 Å². The molecule has 0 radical (unpaired) electrons. The first kappa shape index (κ1) is 9.91. The Labute approximate surface area is 80.0 Å². The Morgan fingerprint density at radius 2 is 2.54 bits per heavy atom. The van der Waals surface area contributed by atoms with Crippen molar-refractivity contribution in [1.29, 1.82) is 0 Å². The van der Waals surface area contributed by atoms with Gasteiger partial charge in [-0.2, -0.15) is 0 Å². The molecule has 0 fully saturated rings. The summed E-state index contributed by atoms with van der Waals surface area (Å²) in [4.78, 5) is 4.07. The molecule has 0 spiro atoms. The van der Waals surface area contributed by atoms with E-state index in [2.05, 4.69) is 10.1 Å². The van der Waals surface area contributed by atoms with E-state index in [0.717, 1.165) is 5.69 Å². The van der Waals surface area contributed by atoms with Crippen LogP contribution in [0.25, 0.3) is 0 Å². The quantitative estimate of drug-likeness (QED) is 0.252. The van der Waals surface area contributed by atoms with Crippen LogP contribution in [0.4, 0.5) is 0 Å². The second-order valence-electron chi connectivity index (χ2n) is 2.54. The Kier molecular flexibility index (Phi) is 3.18. The lowest BCUT2D eigenvalue weighted by molar-refractivity contribution is 0.317.